The molecule has 136 valence electrons. The molecule has 0 aliphatic carbocycles. The van der Waals surface area contributed by atoms with Crippen molar-refractivity contribution in [2.75, 3.05) is 0 Å². The van der Waals surface area contributed by atoms with E-state index >= 15 is 0 Å². The van der Waals surface area contributed by atoms with E-state index in [1.54, 1.807) is 0 Å². The lowest BCUT2D eigenvalue weighted by Gasteiger charge is -2.37. The Morgan fingerprint density at radius 1 is 0.958 bits per heavy atom. The summed E-state index contributed by atoms with van der Waals surface area (Å²) in [6.45, 7) is 22.8. The van der Waals surface area contributed by atoms with Crippen molar-refractivity contribution in [3.63, 3.8) is 0 Å². The van der Waals surface area contributed by atoms with E-state index in [-0.39, 0.29) is 11.0 Å². The fraction of sp³-hybridized carbons (Fsp3) is 0.650. The minimum Gasteiger partial charge on any atom is -0.543 e. The van der Waals surface area contributed by atoms with E-state index in [9.17, 15) is 4.79 Å². The quantitative estimate of drug-likeness (QED) is 0.384. The van der Waals surface area contributed by atoms with Crippen molar-refractivity contribution in [2.45, 2.75) is 80.4 Å². The van der Waals surface area contributed by atoms with Crippen molar-refractivity contribution >= 4 is 14.3 Å². The molecule has 0 spiro atoms. The molecular formula is C20H34O3Si. The Labute approximate surface area is 148 Å². The summed E-state index contributed by atoms with van der Waals surface area (Å²) in [5, 5.41) is 0.136. The average molecular weight is 351 g/mol. The largest absolute Gasteiger partial charge is 0.543 e. The monoisotopic (exact) mass is 350 g/mol. The highest BCUT2D eigenvalue weighted by molar-refractivity contribution is 6.74. The van der Waals surface area contributed by atoms with Gasteiger partial charge in [0.15, 0.2) is 0 Å². The Balaban J connectivity index is 3.26. The van der Waals surface area contributed by atoms with Crippen molar-refractivity contribution in [2.24, 2.45) is 5.41 Å². The fourth-order valence-electron chi connectivity index (χ4n) is 1.95. The molecule has 24 heavy (non-hydrogen) atoms. The van der Waals surface area contributed by atoms with Gasteiger partial charge in [-0.3, -0.25) is 4.79 Å². The van der Waals surface area contributed by atoms with Crippen LogP contribution < -0.4 is 9.16 Å². The number of esters is 1. The maximum absolute atomic E-state index is 12.2. The molecule has 0 N–H and O–H groups in total. The van der Waals surface area contributed by atoms with Crippen LogP contribution in [0.2, 0.25) is 18.1 Å². The summed E-state index contributed by atoms with van der Waals surface area (Å²) >= 11 is 0. The minimum atomic E-state index is -1.92. The number of rotatable bonds is 3. The number of benzene rings is 1. The number of carbonyl (C=O) groups excluding carboxylic acids is 1. The van der Waals surface area contributed by atoms with Gasteiger partial charge in [0.2, 0.25) is 0 Å². The molecule has 1 aromatic carbocycles. The van der Waals surface area contributed by atoms with E-state index in [1.807, 2.05) is 47.6 Å². The van der Waals surface area contributed by atoms with Gasteiger partial charge in [-0.05, 0) is 82.4 Å². The van der Waals surface area contributed by atoms with Crippen molar-refractivity contribution in [1.82, 2.24) is 0 Å². The van der Waals surface area contributed by atoms with Gasteiger partial charge in [0, 0.05) is 0 Å². The molecule has 0 unspecified atom stereocenters. The molecule has 0 heterocycles. The van der Waals surface area contributed by atoms with Crippen LogP contribution in [-0.4, -0.2) is 14.3 Å². The number of aryl methyl sites for hydroxylation is 1. The fourth-order valence-corrected chi connectivity index (χ4v) is 3.08. The summed E-state index contributed by atoms with van der Waals surface area (Å²) in [6, 6.07) is 1.93. The highest BCUT2D eigenvalue weighted by atomic mass is 28.4. The third kappa shape index (κ3) is 4.41. The zero-order valence-corrected chi connectivity index (χ0v) is 18.3. The standard InChI is InChI=1S/C20H34O3Si/c1-13-12-16(22-18(21)19(4,5)6)14(2)15(3)17(13)23-24(10,11)20(7,8)9/h12H,1-11H3. The van der Waals surface area contributed by atoms with Gasteiger partial charge in [0.05, 0.1) is 5.41 Å². The van der Waals surface area contributed by atoms with Crippen LogP contribution >= 0.6 is 0 Å². The van der Waals surface area contributed by atoms with Gasteiger partial charge in [-0.25, -0.2) is 0 Å². The molecular weight excluding hydrogens is 316 g/mol. The van der Waals surface area contributed by atoms with Crippen LogP contribution in [0.4, 0.5) is 0 Å². The Morgan fingerprint density at radius 3 is 1.88 bits per heavy atom. The first-order valence-corrected chi connectivity index (χ1v) is 11.5. The molecule has 0 aliphatic rings. The maximum atomic E-state index is 12.2. The molecule has 0 saturated heterocycles. The zero-order valence-electron chi connectivity index (χ0n) is 17.3. The third-order valence-corrected chi connectivity index (χ3v) is 9.28. The van der Waals surface area contributed by atoms with E-state index < -0.39 is 13.7 Å². The second-order valence-corrected chi connectivity index (χ2v) is 14.0. The van der Waals surface area contributed by atoms with Crippen LogP contribution in [0.1, 0.15) is 58.2 Å². The average Bonchev–Trinajstić information content (AvgIpc) is 2.38. The zero-order chi connectivity index (χ0) is 19.1. The molecule has 0 aliphatic heterocycles. The van der Waals surface area contributed by atoms with Gasteiger partial charge in [-0.2, -0.15) is 0 Å². The summed E-state index contributed by atoms with van der Waals surface area (Å²) in [6.07, 6.45) is 0. The van der Waals surface area contributed by atoms with Crippen LogP contribution in [0.5, 0.6) is 11.5 Å². The first kappa shape index (κ1) is 20.8. The lowest BCUT2D eigenvalue weighted by atomic mass is 9.97. The second kappa shape index (κ2) is 6.55. The Hall–Kier alpha value is -1.29. The van der Waals surface area contributed by atoms with Crippen molar-refractivity contribution in [1.29, 1.82) is 0 Å². The lowest BCUT2D eigenvalue weighted by molar-refractivity contribution is -0.143. The van der Waals surface area contributed by atoms with E-state index in [4.69, 9.17) is 9.16 Å². The summed E-state index contributed by atoms with van der Waals surface area (Å²) in [5.41, 5.74) is 2.51. The molecule has 1 rings (SSSR count). The topological polar surface area (TPSA) is 35.5 Å². The number of hydrogen-bond donors (Lipinski definition) is 0. The van der Waals surface area contributed by atoms with Gasteiger partial charge in [0.1, 0.15) is 11.5 Å². The SMILES string of the molecule is Cc1cc(OC(=O)C(C)(C)C)c(C)c(C)c1O[Si](C)(C)C(C)(C)C. The van der Waals surface area contributed by atoms with Gasteiger partial charge in [-0.15, -0.1) is 0 Å². The van der Waals surface area contributed by atoms with E-state index in [2.05, 4.69) is 33.9 Å². The first-order valence-electron chi connectivity index (χ1n) is 8.60. The second-order valence-electron chi connectivity index (χ2n) is 9.27. The van der Waals surface area contributed by atoms with Gasteiger partial charge in [0.25, 0.3) is 8.32 Å². The molecule has 0 fully saturated rings. The van der Waals surface area contributed by atoms with Gasteiger partial charge < -0.3 is 9.16 Å². The van der Waals surface area contributed by atoms with Crippen molar-refractivity contribution in [3.8, 4) is 11.5 Å². The molecule has 0 atom stereocenters. The highest BCUT2D eigenvalue weighted by Gasteiger charge is 2.39. The summed E-state index contributed by atoms with van der Waals surface area (Å²) < 4.78 is 12.2. The van der Waals surface area contributed by atoms with Crippen LogP contribution in [-0.2, 0) is 4.79 Å². The Kier molecular flexibility index (Phi) is 5.66. The smallest absolute Gasteiger partial charge is 0.316 e. The van der Waals surface area contributed by atoms with Gasteiger partial charge in [-0.1, -0.05) is 20.8 Å². The van der Waals surface area contributed by atoms with Crippen LogP contribution in [0, 0.1) is 26.2 Å². The molecule has 0 amide bonds. The first-order chi connectivity index (χ1) is 10.6. The third-order valence-electron chi connectivity index (χ3n) is 4.96. The van der Waals surface area contributed by atoms with Gasteiger partial charge >= 0.3 is 5.97 Å². The Bertz CT molecular complexity index is 632. The Morgan fingerprint density at radius 2 is 1.46 bits per heavy atom. The molecule has 0 radical (unpaired) electrons. The van der Waals surface area contributed by atoms with E-state index in [0.717, 1.165) is 22.4 Å². The van der Waals surface area contributed by atoms with Crippen molar-refractivity contribution in [3.05, 3.63) is 22.8 Å². The molecule has 0 saturated carbocycles. The maximum Gasteiger partial charge on any atom is 0.316 e. The number of ether oxygens (including phenoxy) is 1. The normalized spacial score (nSPS) is 13.0. The minimum absolute atomic E-state index is 0.136. The molecule has 1 aromatic rings. The summed E-state index contributed by atoms with van der Waals surface area (Å²) in [4.78, 5) is 12.2. The molecule has 3 nitrogen and oxygen atoms in total. The molecule has 0 aromatic heterocycles. The number of hydrogen-bond acceptors (Lipinski definition) is 3. The summed E-state index contributed by atoms with van der Waals surface area (Å²) in [7, 11) is -1.92. The van der Waals surface area contributed by atoms with Crippen LogP contribution in [0.15, 0.2) is 6.07 Å². The van der Waals surface area contributed by atoms with E-state index in [0.29, 0.717) is 5.75 Å². The van der Waals surface area contributed by atoms with Crippen LogP contribution in [0.3, 0.4) is 0 Å². The highest BCUT2D eigenvalue weighted by Crippen LogP contribution is 2.41. The number of carbonyl (C=O) groups is 1. The summed E-state index contributed by atoms with van der Waals surface area (Å²) in [5.74, 6) is 1.35. The van der Waals surface area contributed by atoms with Crippen molar-refractivity contribution < 1.29 is 14.0 Å². The van der Waals surface area contributed by atoms with E-state index in [1.165, 1.54) is 0 Å². The van der Waals surface area contributed by atoms with Crippen LogP contribution in [0.25, 0.3) is 0 Å². The molecule has 4 heteroatoms. The predicted molar refractivity (Wildman–Crippen MR) is 104 cm³/mol. The predicted octanol–water partition coefficient (Wildman–Crippen LogP) is 5.95. The lowest BCUT2D eigenvalue weighted by Crippen LogP contribution is -2.44. The molecule has 0 bridgehead atoms.